The van der Waals surface area contributed by atoms with Crippen LogP contribution in [0.4, 0.5) is 5.69 Å². The van der Waals surface area contributed by atoms with Crippen molar-refractivity contribution in [3.63, 3.8) is 0 Å². The summed E-state index contributed by atoms with van der Waals surface area (Å²) >= 11 is 0. The Hall–Kier alpha value is -3.73. The molecule has 0 saturated heterocycles. The number of nitro groups is 1. The van der Waals surface area contributed by atoms with Gasteiger partial charge >= 0.3 is 5.97 Å². The smallest absolute Gasteiger partial charge is 0.358 e. The Kier molecular flexibility index (Phi) is 4.37. The monoisotopic (exact) mass is 351 g/mol. The zero-order valence-electron chi connectivity index (χ0n) is 13.7. The number of hydrogen-bond donors (Lipinski definition) is 0. The van der Waals surface area contributed by atoms with Crippen LogP contribution < -0.4 is 0 Å². The minimum Gasteiger partial charge on any atom is -0.466 e. The van der Waals surface area contributed by atoms with Gasteiger partial charge in [-0.2, -0.15) is 5.26 Å². The highest BCUT2D eigenvalue weighted by atomic mass is 16.7. The van der Waals surface area contributed by atoms with Gasteiger partial charge in [0, 0.05) is 6.07 Å². The molecule has 0 radical (unpaired) electrons. The molecule has 0 saturated carbocycles. The topological polar surface area (TPSA) is 115 Å². The predicted octanol–water partition coefficient (Wildman–Crippen LogP) is 2.66. The van der Waals surface area contributed by atoms with Gasteiger partial charge in [-0.05, 0) is 23.8 Å². The predicted molar refractivity (Wildman–Crippen MR) is 90.2 cm³/mol. The SMILES string of the molecule is COC(=O)C1(c2ccccc2[N+](=O)[O-])CC(c2ccc(C#N)cc2)=NO1. The Morgan fingerprint density at radius 1 is 1.31 bits per heavy atom. The summed E-state index contributed by atoms with van der Waals surface area (Å²) in [6.07, 6.45) is -0.0313. The minimum atomic E-state index is -1.73. The average molecular weight is 351 g/mol. The van der Waals surface area contributed by atoms with Crippen molar-refractivity contribution in [1.82, 2.24) is 0 Å². The van der Waals surface area contributed by atoms with Crippen molar-refractivity contribution >= 4 is 17.4 Å². The van der Waals surface area contributed by atoms with E-state index in [1.54, 1.807) is 30.3 Å². The second kappa shape index (κ2) is 6.64. The third kappa shape index (κ3) is 2.75. The maximum Gasteiger partial charge on any atom is 0.358 e. The van der Waals surface area contributed by atoms with Crippen LogP contribution in [0.1, 0.15) is 23.1 Å². The number of esters is 1. The first-order valence-corrected chi connectivity index (χ1v) is 7.59. The van der Waals surface area contributed by atoms with Crippen molar-refractivity contribution in [2.24, 2.45) is 5.16 Å². The van der Waals surface area contributed by atoms with Gasteiger partial charge in [-0.25, -0.2) is 4.79 Å². The molecule has 8 heteroatoms. The van der Waals surface area contributed by atoms with Gasteiger partial charge in [-0.15, -0.1) is 0 Å². The van der Waals surface area contributed by atoms with Crippen LogP contribution in [-0.2, 0) is 20.0 Å². The molecule has 0 aliphatic carbocycles. The number of methoxy groups -OCH3 is 1. The molecule has 0 spiro atoms. The van der Waals surface area contributed by atoms with Crippen LogP contribution in [0.2, 0.25) is 0 Å². The molecule has 1 unspecified atom stereocenters. The van der Waals surface area contributed by atoms with Crippen molar-refractivity contribution in [2.75, 3.05) is 7.11 Å². The summed E-state index contributed by atoms with van der Waals surface area (Å²) in [7, 11) is 1.18. The van der Waals surface area contributed by atoms with E-state index >= 15 is 0 Å². The number of para-hydroxylation sites is 1. The summed E-state index contributed by atoms with van der Waals surface area (Å²) in [6, 6.07) is 14.4. The van der Waals surface area contributed by atoms with Crippen LogP contribution in [0.5, 0.6) is 0 Å². The van der Waals surface area contributed by atoms with Crippen LogP contribution in [-0.4, -0.2) is 23.7 Å². The molecular weight excluding hydrogens is 338 g/mol. The lowest BCUT2D eigenvalue weighted by molar-refractivity contribution is -0.386. The van der Waals surface area contributed by atoms with Crippen molar-refractivity contribution in [3.8, 4) is 6.07 Å². The summed E-state index contributed by atoms with van der Waals surface area (Å²) in [5.74, 6) is -0.779. The molecule has 1 atom stereocenters. The van der Waals surface area contributed by atoms with E-state index in [2.05, 4.69) is 5.16 Å². The normalized spacial score (nSPS) is 18.4. The minimum absolute atomic E-state index is 0.0313. The van der Waals surface area contributed by atoms with E-state index in [0.29, 0.717) is 16.8 Å². The van der Waals surface area contributed by atoms with Crippen LogP contribution >= 0.6 is 0 Å². The molecule has 1 aliphatic heterocycles. The van der Waals surface area contributed by atoms with Crippen LogP contribution in [0.15, 0.2) is 53.7 Å². The van der Waals surface area contributed by atoms with E-state index in [1.807, 2.05) is 6.07 Å². The maximum absolute atomic E-state index is 12.5. The number of ether oxygens (including phenoxy) is 1. The van der Waals surface area contributed by atoms with Gasteiger partial charge in [0.1, 0.15) is 0 Å². The third-order valence-electron chi connectivity index (χ3n) is 4.13. The molecule has 26 heavy (non-hydrogen) atoms. The first-order valence-electron chi connectivity index (χ1n) is 7.59. The van der Waals surface area contributed by atoms with E-state index in [4.69, 9.17) is 14.8 Å². The largest absolute Gasteiger partial charge is 0.466 e. The second-order valence-corrected chi connectivity index (χ2v) is 5.59. The van der Waals surface area contributed by atoms with Gasteiger partial charge in [0.2, 0.25) is 0 Å². The molecule has 1 heterocycles. The van der Waals surface area contributed by atoms with Crippen molar-refractivity contribution < 1.29 is 19.3 Å². The quantitative estimate of drug-likeness (QED) is 0.475. The second-order valence-electron chi connectivity index (χ2n) is 5.59. The lowest BCUT2D eigenvalue weighted by atomic mass is 9.86. The maximum atomic E-state index is 12.5. The van der Waals surface area contributed by atoms with E-state index < -0.39 is 16.5 Å². The van der Waals surface area contributed by atoms with Crippen LogP contribution in [0, 0.1) is 21.4 Å². The molecule has 2 aromatic rings. The molecule has 1 aliphatic rings. The third-order valence-corrected chi connectivity index (χ3v) is 4.13. The van der Waals surface area contributed by atoms with E-state index in [9.17, 15) is 14.9 Å². The number of carbonyl (C=O) groups is 1. The zero-order valence-corrected chi connectivity index (χ0v) is 13.7. The number of carbonyl (C=O) groups excluding carboxylic acids is 1. The first kappa shape index (κ1) is 17.1. The van der Waals surface area contributed by atoms with Crippen molar-refractivity contribution in [2.45, 2.75) is 12.0 Å². The van der Waals surface area contributed by atoms with Gasteiger partial charge in [0.25, 0.3) is 11.3 Å². The molecule has 0 aromatic heterocycles. The Morgan fingerprint density at radius 2 is 2.00 bits per heavy atom. The van der Waals surface area contributed by atoms with Gasteiger partial charge in [-0.3, -0.25) is 10.1 Å². The number of nitrogens with zero attached hydrogens (tertiary/aromatic N) is 3. The Labute approximate surface area is 148 Å². The standard InChI is InChI=1S/C18H13N3O5/c1-25-17(22)18(14-4-2-3-5-16(14)21(23)24)10-15(20-26-18)13-8-6-12(11-19)7-9-13/h2-9H,10H2,1H3. The molecule has 3 rings (SSSR count). The molecule has 8 nitrogen and oxygen atoms in total. The Bertz CT molecular complexity index is 946. The first-order chi connectivity index (χ1) is 12.5. The van der Waals surface area contributed by atoms with E-state index in [-0.39, 0.29) is 17.7 Å². The van der Waals surface area contributed by atoms with Crippen molar-refractivity contribution in [1.29, 1.82) is 5.26 Å². The van der Waals surface area contributed by atoms with Gasteiger partial charge < -0.3 is 9.57 Å². The fourth-order valence-corrected chi connectivity index (χ4v) is 2.83. The van der Waals surface area contributed by atoms with Crippen molar-refractivity contribution in [3.05, 3.63) is 75.3 Å². The van der Waals surface area contributed by atoms with E-state index in [0.717, 1.165) is 0 Å². The summed E-state index contributed by atoms with van der Waals surface area (Å²) < 4.78 is 4.84. The van der Waals surface area contributed by atoms with Gasteiger partial charge in [0.05, 0.1) is 41.4 Å². The fraction of sp³-hybridized carbons (Fsp3) is 0.167. The lowest BCUT2D eigenvalue weighted by Gasteiger charge is -2.23. The number of rotatable bonds is 4. The molecule has 0 fully saturated rings. The number of oxime groups is 1. The number of benzene rings is 2. The molecular formula is C18H13N3O5. The molecule has 130 valence electrons. The van der Waals surface area contributed by atoms with Crippen LogP contribution in [0.25, 0.3) is 0 Å². The number of hydrogen-bond acceptors (Lipinski definition) is 7. The van der Waals surface area contributed by atoms with Crippen LogP contribution in [0.3, 0.4) is 0 Å². The molecule has 0 N–H and O–H groups in total. The Morgan fingerprint density at radius 3 is 2.62 bits per heavy atom. The highest BCUT2D eigenvalue weighted by Crippen LogP contribution is 2.41. The summed E-state index contributed by atoms with van der Waals surface area (Å²) in [4.78, 5) is 28.7. The number of nitriles is 1. The Balaban J connectivity index is 2.04. The average Bonchev–Trinajstić information content (AvgIpc) is 3.14. The van der Waals surface area contributed by atoms with Gasteiger partial charge in [-0.1, -0.05) is 29.4 Å². The highest BCUT2D eigenvalue weighted by molar-refractivity contribution is 6.05. The summed E-state index contributed by atoms with van der Waals surface area (Å²) in [5.41, 5.74) is -0.363. The fourth-order valence-electron chi connectivity index (χ4n) is 2.83. The molecule has 2 aromatic carbocycles. The lowest BCUT2D eigenvalue weighted by Crippen LogP contribution is -2.38. The number of nitro benzene ring substituents is 1. The zero-order chi connectivity index (χ0) is 18.7. The molecule has 0 bridgehead atoms. The highest BCUT2D eigenvalue weighted by Gasteiger charge is 2.53. The molecule has 0 amide bonds. The van der Waals surface area contributed by atoms with E-state index in [1.165, 1.54) is 25.3 Å². The summed E-state index contributed by atoms with van der Waals surface area (Å²) in [6.45, 7) is 0. The van der Waals surface area contributed by atoms with Gasteiger partial charge in [0.15, 0.2) is 0 Å². The summed E-state index contributed by atoms with van der Waals surface area (Å²) in [5, 5.41) is 24.2.